The molecule has 0 aliphatic rings. The van der Waals surface area contributed by atoms with Gasteiger partial charge in [0.2, 0.25) is 0 Å². The molecule has 27 heavy (non-hydrogen) atoms. The maximum absolute atomic E-state index is 11.3. The van der Waals surface area contributed by atoms with E-state index >= 15 is 0 Å². The van der Waals surface area contributed by atoms with Crippen LogP contribution in [0.2, 0.25) is 0 Å². The first-order valence-electron chi connectivity index (χ1n) is 7.79. The second-order valence-electron chi connectivity index (χ2n) is 5.37. The van der Waals surface area contributed by atoms with E-state index in [9.17, 15) is 20.2 Å². The SMILES string of the molecule is O=[N+]([O-])c1ccc(NN=C(c2ccccc2)c2ccccn2)c([N+](=O)[O-])c1. The molecule has 0 radical (unpaired) electrons. The summed E-state index contributed by atoms with van der Waals surface area (Å²) in [7, 11) is 0. The quantitative estimate of drug-likeness (QED) is 0.404. The molecule has 0 saturated heterocycles. The van der Waals surface area contributed by atoms with Crippen LogP contribution in [0.3, 0.4) is 0 Å². The highest BCUT2D eigenvalue weighted by Crippen LogP contribution is 2.29. The van der Waals surface area contributed by atoms with Crippen molar-refractivity contribution in [1.82, 2.24) is 4.98 Å². The Morgan fingerprint density at radius 2 is 1.67 bits per heavy atom. The number of hydrazone groups is 1. The average Bonchev–Trinajstić information content (AvgIpc) is 2.69. The van der Waals surface area contributed by atoms with Crippen LogP contribution in [0, 0.1) is 20.2 Å². The first kappa shape index (κ1) is 17.7. The Labute approximate surface area is 153 Å². The lowest BCUT2D eigenvalue weighted by atomic mass is 10.1. The highest BCUT2D eigenvalue weighted by atomic mass is 16.6. The van der Waals surface area contributed by atoms with Gasteiger partial charge in [-0.05, 0) is 18.2 Å². The van der Waals surface area contributed by atoms with E-state index in [-0.39, 0.29) is 11.4 Å². The van der Waals surface area contributed by atoms with Crippen molar-refractivity contribution in [2.24, 2.45) is 5.10 Å². The van der Waals surface area contributed by atoms with E-state index < -0.39 is 15.5 Å². The van der Waals surface area contributed by atoms with Gasteiger partial charge in [0.25, 0.3) is 5.69 Å². The molecule has 2 aromatic carbocycles. The van der Waals surface area contributed by atoms with Gasteiger partial charge in [-0.3, -0.25) is 30.6 Å². The molecule has 9 nitrogen and oxygen atoms in total. The third kappa shape index (κ3) is 4.10. The maximum Gasteiger partial charge on any atom is 0.301 e. The summed E-state index contributed by atoms with van der Waals surface area (Å²) in [5, 5.41) is 26.4. The summed E-state index contributed by atoms with van der Waals surface area (Å²) < 4.78 is 0. The minimum atomic E-state index is -0.701. The fourth-order valence-corrected chi connectivity index (χ4v) is 2.36. The van der Waals surface area contributed by atoms with Crippen molar-refractivity contribution in [2.45, 2.75) is 0 Å². The third-order valence-corrected chi connectivity index (χ3v) is 3.63. The molecule has 1 N–H and O–H groups in total. The van der Waals surface area contributed by atoms with Crippen molar-refractivity contribution in [3.8, 4) is 0 Å². The first-order chi connectivity index (χ1) is 13.1. The highest BCUT2D eigenvalue weighted by molar-refractivity contribution is 6.11. The van der Waals surface area contributed by atoms with Gasteiger partial charge in [-0.2, -0.15) is 5.10 Å². The molecule has 0 aliphatic heterocycles. The molecule has 1 aromatic heterocycles. The second-order valence-corrected chi connectivity index (χ2v) is 5.37. The van der Waals surface area contributed by atoms with Gasteiger partial charge in [-0.25, -0.2) is 0 Å². The average molecular weight is 363 g/mol. The fourth-order valence-electron chi connectivity index (χ4n) is 2.36. The third-order valence-electron chi connectivity index (χ3n) is 3.63. The van der Waals surface area contributed by atoms with Gasteiger partial charge in [0.05, 0.1) is 21.6 Å². The normalized spacial score (nSPS) is 11.0. The number of anilines is 1. The van der Waals surface area contributed by atoms with Gasteiger partial charge in [0.15, 0.2) is 0 Å². The lowest BCUT2D eigenvalue weighted by Gasteiger charge is -2.08. The standard InChI is InChI=1S/C18H13N5O4/c24-22(25)14-9-10-15(17(12-14)23(26)27)20-21-18(13-6-2-1-3-7-13)16-8-4-5-11-19-16/h1-12,20H. The van der Waals surface area contributed by atoms with E-state index in [1.54, 1.807) is 24.4 Å². The van der Waals surface area contributed by atoms with E-state index in [1.807, 2.05) is 30.3 Å². The molecular weight excluding hydrogens is 350 g/mol. The molecule has 1 heterocycles. The summed E-state index contributed by atoms with van der Waals surface area (Å²) in [4.78, 5) is 25.0. The van der Waals surface area contributed by atoms with E-state index in [1.165, 1.54) is 12.1 Å². The predicted molar refractivity (Wildman–Crippen MR) is 99.7 cm³/mol. The molecule has 0 saturated carbocycles. The lowest BCUT2D eigenvalue weighted by molar-refractivity contribution is -0.393. The zero-order chi connectivity index (χ0) is 19.2. The summed E-state index contributed by atoms with van der Waals surface area (Å²) in [6.07, 6.45) is 1.61. The number of hydrogen-bond donors (Lipinski definition) is 1. The summed E-state index contributed by atoms with van der Waals surface area (Å²) in [5.74, 6) is 0. The van der Waals surface area contributed by atoms with Crippen molar-refractivity contribution in [1.29, 1.82) is 0 Å². The zero-order valence-corrected chi connectivity index (χ0v) is 13.9. The highest BCUT2D eigenvalue weighted by Gasteiger charge is 2.19. The zero-order valence-electron chi connectivity index (χ0n) is 13.9. The summed E-state index contributed by atoms with van der Waals surface area (Å²) in [6.45, 7) is 0. The van der Waals surface area contributed by atoms with Crippen molar-refractivity contribution in [3.05, 3.63) is 104 Å². The number of benzene rings is 2. The van der Waals surface area contributed by atoms with E-state index in [4.69, 9.17) is 0 Å². The Kier molecular flexibility index (Phi) is 5.12. The topological polar surface area (TPSA) is 124 Å². The van der Waals surface area contributed by atoms with E-state index in [2.05, 4.69) is 15.5 Å². The monoisotopic (exact) mass is 363 g/mol. The number of nitrogens with one attached hydrogen (secondary N) is 1. The summed E-state index contributed by atoms with van der Waals surface area (Å²) in [5.41, 5.74) is 3.67. The van der Waals surface area contributed by atoms with Gasteiger partial charge in [0.1, 0.15) is 11.4 Å². The molecule has 0 fully saturated rings. The van der Waals surface area contributed by atoms with Crippen LogP contribution in [0.25, 0.3) is 0 Å². The molecule has 0 spiro atoms. The van der Waals surface area contributed by atoms with Crippen LogP contribution in [0.15, 0.2) is 78.0 Å². The first-order valence-corrected chi connectivity index (χ1v) is 7.79. The molecule has 0 atom stereocenters. The number of rotatable bonds is 6. The minimum Gasteiger partial charge on any atom is -0.271 e. The van der Waals surface area contributed by atoms with Gasteiger partial charge >= 0.3 is 5.69 Å². The molecule has 0 unspecified atom stereocenters. The number of hydrogen-bond acceptors (Lipinski definition) is 7. The summed E-state index contributed by atoms with van der Waals surface area (Å²) in [6, 6.07) is 17.8. The van der Waals surface area contributed by atoms with Crippen molar-refractivity contribution >= 4 is 22.8 Å². The summed E-state index contributed by atoms with van der Waals surface area (Å²) >= 11 is 0. The Bertz CT molecular complexity index is 965. The smallest absolute Gasteiger partial charge is 0.271 e. The van der Waals surface area contributed by atoms with Gasteiger partial charge in [0, 0.05) is 17.8 Å². The van der Waals surface area contributed by atoms with Gasteiger partial charge in [-0.15, -0.1) is 0 Å². The number of aromatic nitrogens is 1. The molecule has 9 heteroatoms. The van der Waals surface area contributed by atoms with Crippen molar-refractivity contribution in [3.63, 3.8) is 0 Å². The van der Waals surface area contributed by atoms with Gasteiger partial charge in [-0.1, -0.05) is 36.4 Å². The van der Waals surface area contributed by atoms with E-state index in [0.29, 0.717) is 11.4 Å². The van der Waals surface area contributed by atoms with Crippen molar-refractivity contribution < 1.29 is 9.85 Å². The molecule has 3 rings (SSSR count). The minimum absolute atomic E-state index is 0.0370. The van der Waals surface area contributed by atoms with Crippen LogP contribution < -0.4 is 5.43 Å². The largest absolute Gasteiger partial charge is 0.301 e. The Morgan fingerprint density at radius 1 is 0.926 bits per heavy atom. The van der Waals surface area contributed by atoms with E-state index in [0.717, 1.165) is 11.6 Å². The fraction of sp³-hybridized carbons (Fsp3) is 0. The number of nitro groups is 2. The molecular formula is C18H13N5O4. The lowest BCUT2D eigenvalue weighted by Crippen LogP contribution is -2.09. The number of pyridine rings is 1. The number of nitro benzene ring substituents is 2. The molecule has 3 aromatic rings. The molecule has 0 bridgehead atoms. The Hall–Kier alpha value is -4.14. The van der Waals surface area contributed by atoms with Crippen LogP contribution in [-0.2, 0) is 0 Å². The Balaban J connectivity index is 2.03. The van der Waals surface area contributed by atoms with Crippen LogP contribution in [0.5, 0.6) is 0 Å². The molecule has 134 valence electrons. The number of nitrogens with zero attached hydrogens (tertiary/aromatic N) is 4. The maximum atomic E-state index is 11.3. The van der Waals surface area contributed by atoms with Crippen LogP contribution >= 0.6 is 0 Å². The van der Waals surface area contributed by atoms with Crippen LogP contribution in [0.4, 0.5) is 17.1 Å². The molecule has 0 aliphatic carbocycles. The van der Waals surface area contributed by atoms with Crippen LogP contribution in [-0.4, -0.2) is 20.5 Å². The number of non-ortho nitro benzene ring substituents is 1. The van der Waals surface area contributed by atoms with Gasteiger partial charge < -0.3 is 0 Å². The Morgan fingerprint density at radius 3 is 2.30 bits per heavy atom. The molecule has 0 amide bonds. The predicted octanol–water partition coefficient (Wildman–Crippen LogP) is 3.76. The van der Waals surface area contributed by atoms with Crippen LogP contribution in [0.1, 0.15) is 11.3 Å². The van der Waals surface area contributed by atoms with Crippen molar-refractivity contribution in [2.75, 3.05) is 5.43 Å². The second kappa shape index (κ2) is 7.83.